The molecule has 0 aliphatic heterocycles. The van der Waals surface area contributed by atoms with E-state index in [4.69, 9.17) is 11.6 Å². The van der Waals surface area contributed by atoms with Crippen molar-refractivity contribution < 1.29 is 18.0 Å². The summed E-state index contributed by atoms with van der Waals surface area (Å²) in [5, 5.41) is 10.3. The molecule has 0 aliphatic rings. The lowest BCUT2D eigenvalue weighted by molar-refractivity contribution is -0.137. The highest BCUT2D eigenvalue weighted by Crippen LogP contribution is 2.34. The molecule has 0 atom stereocenters. The van der Waals surface area contributed by atoms with E-state index in [1.165, 1.54) is 0 Å². The summed E-state index contributed by atoms with van der Waals surface area (Å²) in [5.74, 6) is 0.0681. The Kier molecular flexibility index (Phi) is 4.00. The minimum absolute atomic E-state index is 0.0215. The predicted molar refractivity (Wildman–Crippen MR) is 84.7 cm³/mol. The highest BCUT2D eigenvalue weighted by molar-refractivity contribution is 7.19. The molecule has 0 bridgehead atoms. The van der Waals surface area contributed by atoms with Crippen molar-refractivity contribution in [1.29, 1.82) is 0 Å². The molecule has 0 radical (unpaired) electrons. The van der Waals surface area contributed by atoms with Gasteiger partial charge in [0.05, 0.1) is 16.3 Å². The summed E-state index contributed by atoms with van der Waals surface area (Å²) in [6, 6.07) is 2.76. The number of thiazole rings is 1. The second kappa shape index (κ2) is 5.75. The maximum Gasteiger partial charge on any atom is 0.416 e. The molecule has 0 saturated heterocycles. The molecule has 3 aromatic rings. The first-order valence-electron chi connectivity index (χ1n) is 6.67. The number of benzene rings is 1. The molecule has 0 fully saturated rings. The van der Waals surface area contributed by atoms with Gasteiger partial charge in [0.15, 0.2) is 0 Å². The van der Waals surface area contributed by atoms with Crippen LogP contribution < -0.4 is 5.32 Å². The summed E-state index contributed by atoms with van der Waals surface area (Å²) in [6.07, 6.45) is -4.52. The first-order chi connectivity index (χ1) is 11.2. The minimum atomic E-state index is -4.52. The predicted octanol–water partition coefficient (Wildman–Crippen LogP) is 4.33. The number of anilines is 1. The van der Waals surface area contributed by atoms with E-state index in [2.05, 4.69) is 15.5 Å². The lowest BCUT2D eigenvalue weighted by atomic mass is 10.2. The Morgan fingerprint density at radius 3 is 2.62 bits per heavy atom. The Balaban J connectivity index is 1.95. The van der Waals surface area contributed by atoms with Crippen LogP contribution in [0.25, 0.3) is 4.96 Å². The number of nitrogens with one attached hydrogen (secondary N) is 1. The number of fused-ring (bicyclic) bond motifs is 1. The van der Waals surface area contributed by atoms with Crippen LogP contribution in [0.1, 0.15) is 26.8 Å². The number of amides is 1. The molecular weight excluding hydrogens is 365 g/mol. The Hall–Kier alpha value is -2.13. The fourth-order valence-corrected chi connectivity index (χ4v) is 3.42. The van der Waals surface area contributed by atoms with E-state index in [0.29, 0.717) is 21.4 Å². The summed E-state index contributed by atoms with van der Waals surface area (Å²) in [6.45, 7) is 3.45. The van der Waals surface area contributed by atoms with Crippen LogP contribution in [0, 0.1) is 13.8 Å². The van der Waals surface area contributed by atoms with Crippen LogP contribution in [0.4, 0.5) is 18.9 Å². The summed E-state index contributed by atoms with van der Waals surface area (Å²) in [5.41, 5.74) is -0.380. The van der Waals surface area contributed by atoms with E-state index in [1.807, 2.05) is 0 Å². The van der Waals surface area contributed by atoms with Crippen LogP contribution in [0.15, 0.2) is 18.2 Å². The maximum absolute atomic E-state index is 12.8. The van der Waals surface area contributed by atoms with Crippen molar-refractivity contribution in [1.82, 2.24) is 14.6 Å². The average Bonchev–Trinajstić information content (AvgIpc) is 3.01. The first-order valence-corrected chi connectivity index (χ1v) is 7.87. The highest BCUT2D eigenvalue weighted by atomic mass is 35.5. The third-order valence-corrected chi connectivity index (χ3v) is 4.86. The number of carbonyl (C=O) groups excluding carboxylic acids is 1. The van der Waals surface area contributed by atoms with Gasteiger partial charge < -0.3 is 5.32 Å². The number of hydrogen-bond acceptors (Lipinski definition) is 4. The second-order valence-corrected chi connectivity index (χ2v) is 6.41. The molecule has 0 spiro atoms. The van der Waals surface area contributed by atoms with Crippen molar-refractivity contribution >= 4 is 39.5 Å². The maximum atomic E-state index is 12.8. The molecule has 3 rings (SSSR count). The van der Waals surface area contributed by atoms with Crippen LogP contribution in [0.5, 0.6) is 0 Å². The van der Waals surface area contributed by atoms with Gasteiger partial charge in [-0.25, -0.2) is 0 Å². The van der Waals surface area contributed by atoms with Crippen LogP contribution in [-0.4, -0.2) is 20.5 Å². The summed E-state index contributed by atoms with van der Waals surface area (Å²) in [7, 11) is 0. The Labute approximate surface area is 143 Å². The molecule has 10 heteroatoms. The summed E-state index contributed by atoms with van der Waals surface area (Å²) < 4.78 is 40.1. The molecule has 5 nitrogen and oxygen atoms in total. The lowest BCUT2D eigenvalue weighted by Gasteiger charge is -2.11. The van der Waals surface area contributed by atoms with Gasteiger partial charge in [0, 0.05) is 5.69 Å². The molecule has 0 saturated carbocycles. The number of aromatic nitrogens is 3. The van der Waals surface area contributed by atoms with Gasteiger partial charge in [-0.2, -0.15) is 13.2 Å². The van der Waals surface area contributed by atoms with Crippen molar-refractivity contribution in [3.63, 3.8) is 0 Å². The fourth-order valence-electron chi connectivity index (χ4n) is 2.25. The molecule has 0 aliphatic carbocycles. The second-order valence-electron chi connectivity index (χ2n) is 5.03. The monoisotopic (exact) mass is 374 g/mol. The molecule has 126 valence electrons. The lowest BCUT2D eigenvalue weighted by Crippen LogP contribution is -2.14. The molecule has 1 amide bonds. The quantitative estimate of drug-likeness (QED) is 0.726. The van der Waals surface area contributed by atoms with Gasteiger partial charge in [-0.3, -0.25) is 9.20 Å². The third kappa shape index (κ3) is 2.84. The average molecular weight is 375 g/mol. The highest BCUT2D eigenvalue weighted by Gasteiger charge is 2.31. The van der Waals surface area contributed by atoms with Crippen LogP contribution in [0.2, 0.25) is 5.02 Å². The molecule has 24 heavy (non-hydrogen) atoms. The number of alkyl halides is 3. The van der Waals surface area contributed by atoms with E-state index in [0.717, 1.165) is 29.5 Å². The number of nitrogens with zero attached hydrogens (tertiary/aromatic N) is 3. The van der Waals surface area contributed by atoms with Crippen molar-refractivity contribution in [2.75, 3.05) is 5.32 Å². The largest absolute Gasteiger partial charge is 0.416 e. The number of rotatable bonds is 2. The number of halogens is 4. The normalized spacial score (nSPS) is 11.9. The number of carbonyl (C=O) groups is 1. The van der Waals surface area contributed by atoms with E-state index in [9.17, 15) is 18.0 Å². The van der Waals surface area contributed by atoms with Crippen LogP contribution in [0.3, 0.4) is 0 Å². The fraction of sp³-hybridized carbons (Fsp3) is 0.214. The topological polar surface area (TPSA) is 59.3 Å². The zero-order valence-electron chi connectivity index (χ0n) is 12.4. The summed E-state index contributed by atoms with van der Waals surface area (Å²) in [4.78, 5) is 13.3. The Morgan fingerprint density at radius 1 is 1.29 bits per heavy atom. The molecule has 1 N–H and O–H groups in total. The Bertz CT molecular complexity index is 948. The van der Waals surface area contributed by atoms with Crippen molar-refractivity contribution in [3.05, 3.63) is 45.2 Å². The minimum Gasteiger partial charge on any atom is -0.320 e. The van der Waals surface area contributed by atoms with Crippen LogP contribution >= 0.6 is 22.9 Å². The van der Waals surface area contributed by atoms with Gasteiger partial charge in [-0.05, 0) is 32.0 Å². The van der Waals surface area contributed by atoms with Crippen molar-refractivity contribution in [3.8, 4) is 0 Å². The smallest absolute Gasteiger partial charge is 0.320 e. The van der Waals surface area contributed by atoms with Gasteiger partial charge in [0.2, 0.25) is 4.96 Å². The van der Waals surface area contributed by atoms with Gasteiger partial charge in [0.25, 0.3) is 5.91 Å². The molecule has 2 heterocycles. The van der Waals surface area contributed by atoms with E-state index >= 15 is 0 Å². The number of hydrogen-bond donors (Lipinski definition) is 1. The third-order valence-electron chi connectivity index (χ3n) is 3.40. The van der Waals surface area contributed by atoms with Crippen LogP contribution in [-0.2, 0) is 6.18 Å². The Morgan fingerprint density at radius 2 is 2.00 bits per heavy atom. The SMILES string of the molecule is Cc1nnc2sc(C(=O)Nc3cc(C(F)(F)F)ccc3Cl)c(C)n12. The van der Waals surface area contributed by atoms with Gasteiger partial charge in [0.1, 0.15) is 10.7 Å². The van der Waals surface area contributed by atoms with Gasteiger partial charge in [-0.15, -0.1) is 10.2 Å². The summed E-state index contributed by atoms with van der Waals surface area (Å²) >= 11 is 6.99. The zero-order chi connectivity index (χ0) is 17.6. The van der Waals surface area contributed by atoms with Gasteiger partial charge in [-0.1, -0.05) is 22.9 Å². The molecular formula is C14H10ClF3N4OS. The molecule has 2 aromatic heterocycles. The van der Waals surface area contributed by atoms with E-state index < -0.39 is 17.6 Å². The number of aryl methyl sites for hydroxylation is 2. The standard InChI is InChI=1S/C14H10ClF3N4OS/c1-6-11(24-13-21-20-7(2)22(6)13)12(23)19-10-5-8(14(16,17)18)3-4-9(10)15/h3-5H,1-2H3,(H,19,23). The van der Waals surface area contributed by atoms with Crippen molar-refractivity contribution in [2.24, 2.45) is 0 Å². The zero-order valence-corrected chi connectivity index (χ0v) is 14.0. The van der Waals surface area contributed by atoms with E-state index in [1.54, 1.807) is 18.2 Å². The van der Waals surface area contributed by atoms with Gasteiger partial charge >= 0.3 is 6.18 Å². The molecule has 0 unspecified atom stereocenters. The first kappa shape index (κ1) is 16.7. The molecule has 1 aromatic carbocycles. The van der Waals surface area contributed by atoms with Crippen molar-refractivity contribution in [2.45, 2.75) is 20.0 Å². The van der Waals surface area contributed by atoms with E-state index in [-0.39, 0.29) is 10.7 Å².